The first kappa shape index (κ1) is 25.7. The predicted octanol–water partition coefficient (Wildman–Crippen LogP) is 4.29. The average molecular weight is 619 g/mol. The number of pyridine rings is 1. The summed E-state index contributed by atoms with van der Waals surface area (Å²) in [5.41, 5.74) is 2.17. The number of carbonyl (C=O) groups excluding carboxylic acids is 1. The number of benzene rings is 1. The zero-order chi connectivity index (χ0) is 26.1. The van der Waals surface area contributed by atoms with Gasteiger partial charge in [0.05, 0.1) is 0 Å². The number of halogens is 1. The van der Waals surface area contributed by atoms with Crippen LogP contribution in [0.5, 0.6) is 5.88 Å². The molecule has 1 amide bonds. The molecule has 1 fully saturated rings. The zero-order valence-electron chi connectivity index (χ0n) is 20.7. The van der Waals surface area contributed by atoms with Gasteiger partial charge >= 0.3 is 5.97 Å². The molecule has 3 aromatic rings. The lowest BCUT2D eigenvalue weighted by molar-refractivity contribution is -0.219. The molecule has 11 heteroatoms. The lowest BCUT2D eigenvalue weighted by atomic mass is 10.0. The molecule has 3 N–H and O–H groups in total. The molecular formula is C26H30IN5O5. The number of carboxylic acid groups (broad SMARTS) is 1. The molecule has 4 heterocycles. The van der Waals surface area contributed by atoms with Crippen molar-refractivity contribution in [3.63, 3.8) is 0 Å². The first-order valence-corrected chi connectivity index (χ1v) is 13.7. The summed E-state index contributed by atoms with van der Waals surface area (Å²) < 4.78 is 7.10. The standard InChI is InChI=1S/C26H30IN5O5/c1-14(2)23-25(33)32-20(26(34)35)12-22(37-32)36-24-18-10-15(8-9-17(18)19(27)13-28-24)6-4-3-5-7-16-11-21(29-23)31-30-16/h8-11,13-14,20,22-23H,3-7,12H2,1-2H3,(H,34,35)(H2,29,30,31)/t20-,22+,23-/m0/s1. The molecule has 0 aliphatic carbocycles. The van der Waals surface area contributed by atoms with Crippen LogP contribution in [-0.2, 0) is 27.3 Å². The van der Waals surface area contributed by atoms with E-state index in [2.05, 4.69) is 61.3 Å². The van der Waals surface area contributed by atoms with Gasteiger partial charge < -0.3 is 15.2 Å². The number of amides is 1. The van der Waals surface area contributed by atoms with Crippen molar-refractivity contribution in [1.82, 2.24) is 20.2 Å². The van der Waals surface area contributed by atoms with Gasteiger partial charge in [0.2, 0.25) is 12.2 Å². The van der Waals surface area contributed by atoms with Crippen LogP contribution in [0.25, 0.3) is 10.8 Å². The van der Waals surface area contributed by atoms with Gasteiger partial charge in [-0.3, -0.25) is 9.89 Å². The van der Waals surface area contributed by atoms with Gasteiger partial charge in [-0.2, -0.15) is 5.10 Å². The molecule has 196 valence electrons. The predicted molar refractivity (Wildman–Crippen MR) is 145 cm³/mol. The topological polar surface area (TPSA) is 130 Å². The van der Waals surface area contributed by atoms with Gasteiger partial charge in [-0.1, -0.05) is 32.4 Å². The summed E-state index contributed by atoms with van der Waals surface area (Å²) in [6.07, 6.45) is 5.63. The molecule has 10 nitrogen and oxygen atoms in total. The van der Waals surface area contributed by atoms with Crippen molar-refractivity contribution in [1.29, 1.82) is 0 Å². The van der Waals surface area contributed by atoms with Crippen molar-refractivity contribution in [2.24, 2.45) is 5.92 Å². The molecule has 0 radical (unpaired) electrons. The van der Waals surface area contributed by atoms with E-state index in [4.69, 9.17) is 9.57 Å². The van der Waals surface area contributed by atoms with E-state index in [9.17, 15) is 14.7 Å². The zero-order valence-corrected chi connectivity index (χ0v) is 22.9. The number of aliphatic carboxylic acids is 1. The maximum Gasteiger partial charge on any atom is 0.329 e. The summed E-state index contributed by atoms with van der Waals surface area (Å²) >= 11 is 2.24. The van der Waals surface area contributed by atoms with Gasteiger partial charge in [0.15, 0.2) is 6.04 Å². The number of anilines is 1. The van der Waals surface area contributed by atoms with Crippen LogP contribution in [0, 0.1) is 9.49 Å². The number of carboxylic acids is 1. The highest BCUT2D eigenvalue weighted by Gasteiger charge is 2.45. The first-order chi connectivity index (χ1) is 17.8. The summed E-state index contributed by atoms with van der Waals surface area (Å²) in [7, 11) is 0. The Balaban J connectivity index is 1.51. The lowest BCUT2D eigenvalue weighted by Gasteiger charge is -2.27. The first-order valence-electron chi connectivity index (χ1n) is 12.6. The van der Waals surface area contributed by atoms with E-state index < -0.39 is 30.3 Å². The van der Waals surface area contributed by atoms with Crippen LogP contribution >= 0.6 is 22.6 Å². The molecule has 1 saturated heterocycles. The third-order valence-electron chi connectivity index (χ3n) is 6.82. The number of hydroxylamine groups is 2. The molecule has 5 rings (SSSR count). The quantitative estimate of drug-likeness (QED) is 0.363. The summed E-state index contributed by atoms with van der Waals surface area (Å²) in [5.74, 6) is -0.895. The van der Waals surface area contributed by atoms with Gasteiger partial charge in [0.25, 0.3) is 5.91 Å². The molecular weight excluding hydrogens is 589 g/mol. The number of nitrogens with zero attached hydrogens (tertiary/aromatic N) is 3. The van der Waals surface area contributed by atoms with Crippen molar-refractivity contribution in [3.05, 3.63) is 45.3 Å². The van der Waals surface area contributed by atoms with E-state index in [1.54, 1.807) is 6.20 Å². The average Bonchev–Trinajstić information content (AvgIpc) is 3.50. The van der Waals surface area contributed by atoms with Crippen molar-refractivity contribution >= 4 is 51.1 Å². The number of hydrogen-bond acceptors (Lipinski definition) is 7. The number of nitrogens with one attached hydrogen (secondary N) is 2. The van der Waals surface area contributed by atoms with Crippen LogP contribution in [0.3, 0.4) is 0 Å². The largest absolute Gasteiger partial charge is 0.480 e. The highest BCUT2D eigenvalue weighted by Crippen LogP contribution is 2.33. The van der Waals surface area contributed by atoms with Gasteiger partial charge in [0, 0.05) is 38.7 Å². The normalized spacial score (nSPS) is 22.9. The Morgan fingerprint density at radius 1 is 1.19 bits per heavy atom. The number of H-pyrrole nitrogens is 1. The van der Waals surface area contributed by atoms with E-state index in [1.807, 2.05) is 19.9 Å². The molecule has 37 heavy (non-hydrogen) atoms. The van der Waals surface area contributed by atoms with Gasteiger partial charge in [-0.05, 0) is 65.8 Å². The minimum absolute atomic E-state index is 0.0205. The van der Waals surface area contributed by atoms with Crippen LogP contribution in [0.1, 0.15) is 50.8 Å². The Morgan fingerprint density at radius 3 is 2.78 bits per heavy atom. The Kier molecular flexibility index (Phi) is 7.52. The molecule has 2 aliphatic rings. The second-order valence-corrected chi connectivity index (χ2v) is 11.1. The molecule has 6 bridgehead atoms. The maximum absolute atomic E-state index is 13.6. The third kappa shape index (κ3) is 5.52. The fraction of sp³-hybridized carbons (Fsp3) is 0.462. The minimum atomic E-state index is -1.19. The smallest absolute Gasteiger partial charge is 0.329 e. The number of fused-ring (bicyclic) bond motifs is 5. The molecule has 1 aromatic carbocycles. The van der Waals surface area contributed by atoms with Crippen LogP contribution in [0.4, 0.5) is 5.82 Å². The van der Waals surface area contributed by atoms with E-state index >= 15 is 0 Å². The summed E-state index contributed by atoms with van der Waals surface area (Å²) in [4.78, 5) is 36.0. The monoisotopic (exact) mass is 619 g/mol. The highest BCUT2D eigenvalue weighted by atomic mass is 127. The fourth-order valence-electron chi connectivity index (χ4n) is 4.80. The number of aromatic amines is 1. The van der Waals surface area contributed by atoms with Crippen molar-refractivity contribution in [2.75, 3.05) is 5.32 Å². The maximum atomic E-state index is 13.6. The van der Waals surface area contributed by atoms with Gasteiger partial charge in [-0.15, -0.1) is 0 Å². The molecule has 2 aliphatic heterocycles. The lowest BCUT2D eigenvalue weighted by Crippen LogP contribution is -2.49. The number of rotatable bonds is 2. The summed E-state index contributed by atoms with van der Waals surface area (Å²) in [6, 6.07) is 6.26. The minimum Gasteiger partial charge on any atom is -0.480 e. The third-order valence-corrected chi connectivity index (χ3v) is 7.68. The fourth-order valence-corrected chi connectivity index (χ4v) is 5.41. The van der Waals surface area contributed by atoms with E-state index in [0.717, 1.165) is 57.2 Å². The van der Waals surface area contributed by atoms with E-state index in [-0.39, 0.29) is 12.3 Å². The molecule has 0 saturated carbocycles. The number of ether oxygens (including phenoxy) is 1. The molecule has 2 aromatic heterocycles. The van der Waals surface area contributed by atoms with Crippen molar-refractivity contribution in [3.8, 4) is 5.88 Å². The van der Waals surface area contributed by atoms with E-state index in [0.29, 0.717) is 11.7 Å². The van der Waals surface area contributed by atoms with Gasteiger partial charge in [-0.25, -0.2) is 19.7 Å². The SMILES string of the molecule is CC(C)[C@@H]1Nc2cc([nH]n2)CCCCCc2ccc3c(I)cnc(c3c2)O[C@H]2C[C@@H](C(=O)O)N(O2)C1=O. The summed E-state index contributed by atoms with van der Waals surface area (Å²) in [6.45, 7) is 3.77. The highest BCUT2D eigenvalue weighted by molar-refractivity contribution is 14.1. The summed E-state index contributed by atoms with van der Waals surface area (Å²) in [5, 5.41) is 23.2. The van der Waals surface area contributed by atoms with Crippen molar-refractivity contribution < 1.29 is 24.3 Å². The number of aryl methyl sites for hydroxylation is 2. The number of hydrogen-bond donors (Lipinski definition) is 3. The van der Waals surface area contributed by atoms with Crippen LogP contribution in [0.2, 0.25) is 0 Å². The number of aromatic nitrogens is 3. The van der Waals surface area contributed by atoms with Crippen LogP contribution < -0.4 is 10.1 Å². The van der Waals surface area contributed by atoms with Crippen molar-refractivity contribution in [2.45, 2.75) is 70.7 Å². The van der Waals surface area contributed by atoms with E-state index in [1.165, 1.54) is 5.56 Å². The van der Waals surface area contributed by atoms with Crippen LogP contribution in [-0.4, -0.2) is 55.6 Å². The Morgan fingerprint density at radius 2 is 2.00 bits per heavy atom. The second-order valence-electron chi connectivity index (χ2n) is 9.90. The molecule has 0 spiro atoms. The second kappa shape index (κ2) is 10.8. The molecule has 3 atom stereocenters. The molecule has 0 unspecified atom stereocenters. The Labute approximate surface area is 228 Å². The Bertz CT molecular complexity index is 1310. The Hall–Kier alpha value is -2.93. The van der Waals surface area contributed by atoms with Gasteiger partial charge in [0.1, 0.15) is 11.9 Å². The number of carbonyl (C=O) groups is 2. The van der Waals surface area contributed by atoms with Crippen LogP contribution in [0.15, 0.2) is 30.5 Å².